The molecule has 0 atom stereocenters. The van der Waals surface area contributed by atoms with Crippen LogP contribution in [0.5, 0.6) is 11.5 Å². The Morgan fingerprint density at radius 3 is 2.44 bits per heavy atom. The van der Waals surface area contributed by atoms with Gasteiger partial charge in [-0.05, 0) is 59.0 Å². The fraction of sp³-hybridized carbons (Fsp3) is 0.0714. The van der Waals surface area contributed by atoms with Gasteiger partial charge < -0.3 is 10.1 Å². The fourth-order valence-electron chi connectivity index (χ4n) is 1.51. The summed E-state index contributed by atoms with van der Waals surface area (Å²) in [6.07, 6.45) is 0. The van der Waals surface area contributed by atoms with Crippen LogP contribution in [-0.2, 0) is 0 Å². The standard InChI is InChI=1S/C14H12INO2/c1-16-14(17)12-4-2-3-5-13(12)18-11-8-6-10(15)7-9-11/h2-9H,1H3,(H,16,17). The Bertz CT molecular complexity index is 552. The minimum absolute atomic E-state index is 0.156. The molecule has 4 heteroatoms. The highest BCUT2D eigenvalue weighted by Crippen LogP contribution is 2.25. The molecule has 1 N–H and O–H groups in total. The minimum Gasteiger partial charge on any atom is -0.457 e. The highest BCUT2D eigenvalue weighted by atomic mass is 127. The number of para-hydroxylation sites is 1. The van der Waals surface area contributed by atoms with Crippen molar-refractivity contribution in [3.8, 4) is 11.5 Å². The summed E-state index contributed by atoms with van der Waals surface area (Å²) in [5, 5.41) is 2.60. The first-order valence-corrected chi connectivity index (χ1v) is 6.53. The largest absolute Gasteiger partial charge is 0.457 e. The van der Waals surface area contributed by atoms with Gasteiger partial charge in [0.05, 0.1) is 5.56 Å². The van der Waals surface area contributed by atoms with Crippen LogP contribution < -0.4 is 10.1 Å². The molecule has 18 heavy (non-hydrogen) atoms. The van der Waals surface area contributed by atoms with Gasteiger partial charge in [0.2, 0.25) is 0 Å². The molecule has 2 aromatic rings. The molecule has 92 valence electrons. The normalized spacial score (nSPS) is 9.89. The van der Waals surface area contributed by atoms with Crippen molar-refractivity contribution in [2.45, 2.75) is 0 Å². The number of hydrogen-bond donors (Lipinski definition) is 1. The van der Waals surface area contributed by atoms with Gasteiger partial charge in [-0.2, -0.15) is 0 Å². The lowest BCUT2D eigenvalue weighted by atomic mass is 10.2. The van der Waals surface area contributed by atoms with Crippen molar-refractivity contribution in [1.29, 1.82) is 0 Å². The monoisotopic (exact) mass is 353 g/mol. The number of amides is 1. The predicted octanol–water partition coefficient (Wildman–Crippen LogP) is 3.44. The molecule has 0 fully saturated rings. The lowest BCUT2D eigenvalue weighted by Crippen LogP contribution is -2.18. The van der Waals surface area contributed by atoms with Crippen LogP contribution in [0.3, 0.4) is 0 Å². The van der Waals surface area contributed by atoms with Crippen molar-refractivity contribution in [2.75, 3.05) is 7.05 Å². The van der Waals surface area contributed by atoms with E-state index < -0.39 is 0 Å². The topological polar surface area (TPSA) is 38.3 Å². The minimum atomic E-state index is -0.156. The smallest absolute Gasteiger partial charge is 0.254 e. The number of halogens is 1. The van der Waals surface area contributed by atoms with Crippen molar-refractivity contribution < 1.29 is 9.53 Å². The highest BCUT2D eigenvalue weighted by Gasteiger charge is 2.10. The summed E-state index contributed by atoms with van der Waals surface area (Å²) >= 11 is 2.23. The summed E-state index contributed by atoms with van der Waals surface area (Å²) in [6.45, 7) is 0. The maximum Gasteiger partial charge on any atom is 0.254 e. The van der Waals surface area contributed by atoms with E-state index in [1.165, 1.54) is 0 Å². The van der Waals surface area contributed by atoms with Gasteiger partial charge in [-0.25, -0.2) is 0 Å². The van der Waals surface area contributed by atoms with E-state index in [2.05, 4.69) is 27.9 Å². The van der Waals surface area contributed by atoms with Crippen LogP contribution in [0.4, 0.5) is 0 Å². The van der Waals surface area contributed by atoms with Crippen LogP contribution in [-0.4, -0.2) is 13.0 Å². The van der Waals surface area contributed by atoms with Crippen molar-refractivity contribution in [2.24, 2.45) is 0 Å². The summed E-state index contributed by atoms with van der Waals surface area (Å²) < 4.78 is 6.86. The van der Waals surface area contributed by atoms with Gasteiger partial charge in [-0.3, -0.25) is 4.79 Å². The van der Waals surface area contributed by atoms with Crippen molar-refractivity contribution in [3.63, 3.8) is 0 Å². The molecule has 0 unspecified atom stereocenters. The number of rotatable bonds is 3. The zero-order valence-corrected chi connectivity index (χ0v) is 12.0. The van der Waals surface area contributed by atoms with E-state index in [0.29, 0.717) is 17.1 Å². The molecule has 0 heterocycles. The molecule has 0 saturated heterocycles. The molecule has 0 bridgehead atoms. The summed E-state index contributed by atoms with van der Waals surface area (Å²) in [6, 6.07) is 14.8. The van der Waals surface area contributed by atoms with Crippen molar-refractivity contribution in [3.05, 3.63) is 57.7 Å². The van der Waals surface area contributed by atoms with E-state index >= 15 is 0 Å². The Morgan fingerprint density at radius 1 is 1.11 bits per heavy atom. The van der Waals surface area contributed by atoms with Gasteiger partial charge in [-0.1, -0.05) is 12.1 Å². The number of ether oxygens (including phenoxy) is 1. The van der Waals surface area contributed by atoms with Gasteiger partial charge in [-0.15, -0.1) is 0 Å². The molecule has 1 amide bonds. The molecule has 2 rings (SSSR count). The second-order valence-electron chi connectivity index (χ2n) is 3.63. The molecule has 0 aliphatic rings. The summed E-state index contributed by atoms with van der Waals surface area (Å²) in [4.78, 5) is 11.7. The maximum atomic E-state index is 11.7. The van der Waals surface area contributed by atoms with Gasteiger partial charge in [0, 0.05) is 10.6 Å². The van der Waals surface area contributed by atoms with Gasteiger partial charge in [0.1, 0.15) is 11.5 Å². The average molecular weight is 353 g/mol. The third-order valence-corrected chi connectivity index (χ3v) is 3.12. The Kier molecular flexibility index (Phi) is 4.19. The molecule has 0 radical (unpaired) electrons. The van der Waals surface area contributed by atoms with E-state index in [4.69, 9.17) is 4.74 Å². The first kappa shape index (κ1) is 12.9. The second kappa shape index (κ2) is 5.86. The number of hydrogen-bond acceptors (Lipinski definition) is 2. The summed E-state index contributed by atoms with van der Waals surface area (Å²) in [7, 11) is 1.60. The van der Waals surface area contributed by atoms with Gasteiger partial charge in [0.25, 0.3) is 5.91 Å². The molecular weight excluding hydrogens is 341 g/mol. The highest BCUT2D eigenvalue weighted by molar-refractivity contribution is 14.1. The van der Waals surface area contributed by atoms with E-state index in [-0.39, 0.29) is 5.91 Å². The Labute approximate surface area is 119 Å². The van der Waals surface area contributed by atoms with E-state index in [1.54, 1.807) is 19.2 Å². The third-order valence-electron chi connectivity index (χ3n) is 2.40. The van der Waals surface area contributed by atoms with Gasteiger partial charge >= 0.3 is 0 Å². The summed E-state index contributed by atoms with van der Waals surface area (Å²) in [5.41, 5.74) is 0.526. The second-order valence-corrected chi connectivity index (χ2v) is 4.88. The third kappa shape index (κ3) is 3.01. The Balaban J connectivity index is 2.28. The SMILES string of the molecule is CNC(=O)c1ccccc1Oc1ccc(I)cc1. The molecular formula is C14H12INO2. The van der Waals surface area contributed by atoms with E-state index in [9.17, 15) is 4.79 Å². The number of nitrogens with one attached hydrogen (secondary N) is 1. The van der Waals surface area contributed by atoms with Crippen molar-refractivity contribution in [1.82, 2.24) is 5.32 Å². The van der Waals surface area contributed by atoms with Crippen LogP contribution in [0, 0.1) is 3.57 Å². The number of benzene rings is 2. The molecule has 0 aliphatic heterocycles. The Morgan fingerprint density at radius 2 is 1.78 bits per heavy atom. The van der Waals surface area contributed by atoms with Crippen LogP contribution in [0.2, 0.25) is 0 Å². The van der Waals surface area contributed by atoms with Crippen LogP contribution >= 0.6 is 22.6 Å². The lowest BCUT2D eigenvalue weighted by Gasteiger charge is -2.10. The quantitative estimate of drug-likeness (QED) is 0.859. The molecule has 2 aromatic carbocycles. The maximum absolute atomic E-state index is 11.7. The van der Waals surface area contributed by atoms with Crippen LogP contribution in [0.15, 0.2) is 48.5 Å². The molecule has 0 spiro atoms. The van der Waals surface area contributed by atoms with Crippen LogP contribution in [0.25, 0.3) is 0 Å². The first-order valence-electron chi connectivity index (χ1n) is 5.45. The average Bonchev–Trinajstić information content (AvgIpc) is 2.41. The Hall–Kier alpha value is -1.56. The van der Waals surface area contributed by atoms with Crippen LogP contribution in [0.1, 0.15) is 10.4 Å². The molecule has 0 saturated carbocycles. The fourth-order valence-corrected chi connectivity index (χ4v) is 1.87. The number of carbonyl (C=O) groups is 1. The zero-order chi connectivity index (χ0) is 13.0. The summed E-state index contributed by atoms with van der Waals surface area (Å²) in [5.74, 6) is 1.11. The zero-order valence-electron chi connectivity index (χ0n) is 9.81. The molecule has 0 aromatic heterocycles. The first-order chi connectivity index (χ1) is 8.70. The number of carbonyl (C=O) groups excluding carboxylic acids is 1. The molecule has 0 aliphatic carbocycles. The van der Waals surface area contributed by atoms with Gasteiger partial charge in [0.15, 0.2) is 0 Å². The predicted molar refractivity (Wildman–Crippen MR) is 79.1 cm³/mol. The molecule has 3 nitrogen and oxygen atoms in total. The lowest BCUT2D eigenvalue weighted by molar-refractivity contribution is 0.0961. The van der Waals surface area contributed by atoms with E-state index in [1.807, 2.05) is 36.4 Å². The van der Waals surface area contributed by atoms with Crippen molar-refractivity contribution >= 4 is 28.5 Å². The van der Waals surface area contributed by atoms with E-state index in [0.717, 1.165) is 3.57 Å².